The molecule has 0 spiro atoms. The van der Waals surface area contributed by atoms with Crippen molar-refractivity contribution >= 4 is 31.4 Å². The Morgan fingerprint density at radius 3 is 2.60 bits per heavy atom. The van der Waals surface area contributed by atoms with E-state index in [1.807, 2.05) is 0 Å². The topological polar surface area (TPSA) is 77.2 Å². The molecule has 11 heteroatoms. The Labute approximate surface area is 148 Å². The molecular formula is C14H10BrF3N4O2S. The van der Waals surface area contributed by atoms with Gasteiger partial charge in [-0.15, -0.1) is 0 Å². The Morgan fingerprint density at radius 2 is 1.96 bits per heavy atom. The summed E-state index contributed by atoms with van der Waals surface area (Å²) in [4.78, 5) is 11.5. The lowest BCUT2D eigenvalue weighted by Gasteiger charge is -2.06. The number of sulfone groups is 1. The van der Waals surface area contributed by atoms with E-state index in [0.29, 0.717) is 4.47 Å². The fourth-order valence-electron chi connectivity index (χ4n) is 2.17. The lowest BCUT2D eigenvalue weighted by atomic mass is 10.3. The van der Waals surface area contributed by atoms with Gasteiger partial charge in [0.15, 0.2) is 9.84 Å². The molecule has 0 saturated carbocycles. The van der Waals surface area contributed by atoms with Crippen LogP contribution in [0, 0.1) is 0 Å². The normalized spacial score (nSPS) is 12.7. The first-order chi connectivity index (χ1) is 11.6. The van der Waals surface area contributed by atoms with Crippen LogP contribution < -0.4 is 0 Å². The zero-order valence-corrected chi connectivity index (χ0v) is 15.0. The van der Waals surface area contributed by atoms with Gasteiger partial charge in [-0.3, -0.25) is 9.38 Å². The summed E-state index contributed by atoms with van der Waals surface area (Å²) in [5, 5.41) is 0. The summed E-state index contributed by atoms with van der Waals surface area (Å²) < 4.78 is 64.6. The van der Waals surface area contributed by atoms with Crippen LogP contribution in [0.2, 0.25) is 0 Å². The van der Waals surface area contributed by atoms with E-state index in [0.717, 1.165) is 12.4 Å². The monoisotopic (exact) mass is 434 g/mol. The number of rotatable bonds is 3. The molecule has 0 saturated heterocycles. The summed E-state index contributed by atoms with van der Waals surface area (Å²) in [6, 6.07) is 2.18. The highest BCUT2D eigenvalue weighted by atomic mass is 79.9. The van der Waals surface area contributed by atoms with E-state index in [-0.39, 0.29) is 27.7 Å². The van der Waals surface area contributed by atoms with E-state index in [1.54, 1.807) is 0 Å². The number of imidazole rings is 1. The highest BCUT2D eigenvalue weighted by molar-refractivity contribution is 9.10. The third kappa shape index (κ3) is 3.38. The Hall–Kier alpha value is -2.01. The van der Waals surface area contributed by atoms with Crippen LogP contribution in [-0.2, 0) is 16.0 Å². The van der Waals surface area contributed by atoms with Crippen molar-refractivity contribution in [1.82, 2.24) is 19.4 Å². The quantitative estimate of drug-likeness (QED) is 0.631. The van der Waals surface area contributed by atoms with E-state index in [2.05, 4.69) is 30.9 Å². The molecule has 0 aliphatic carbocycles. The Balaban J connectivity index is 2.21. The van der Waals surface area contributed by atoms with Crippen LogP contribution in [0.15, 0.2) is 40.2 Å². The second-order valence-corrected chi connectivity index (χ2v) is 8.23. The van der Waals surface area contributed by atoms with E-state index in [9.17, 15) is 21.6 Å². The molecule has 3 rings (SSSR count). The van der Waals surface area contributed by atoms with Gasteiger partial charge in [-0.05, 0) is 22.0 Å². The van der Waals surface area contributed by atoms with Crippen LogP contribution in [0.3, 0.4) is 0 Å². The van der Waals surface area contributed by atoms with E-state index >= 15 is 0 Å². The lowest BCUT2D eigenvalue weighted by Crippen LogP contribution is -2.08. The summed E-state index contributed by atoms with van der Waals surface area (Å²) in [6.07, 6.45) is -0.844. The zero-order chi connectivity index (χ0) is 18.4. The van der Waals surface area contributed by atoms with Crippen LogP contribution in [0.4, 0.5) is 13.2 Å². The third-order valence-electron chi connectivity index (χ3n) is 3.42. The molecule has 3 aromatic rings. The SMILES string of the molecule is CCS(=O)(=O)c1cc(Br)cnc1-c1cn2cnc(C(F)(F)F)cc2n1. The summed E-state index contributed by atoms with van der Waals surface area (Å²) in [5.41, 5.74) is -0.882. The van der Waals surface area contributed by atoms with Crippen LogP contribution in [0.1, 0.15) is 12.6 Å². The largest absolute Gasteiger partial charge is 0.433 e. The molecule has 0 aliphatic rings. The molecule has 0 aromatic carbocycles. The van der Waals surface area contributed by atoms with Gasteiger partial charge in [0, 0.05) is 22.9 Å². The van der Waals surface area contributed by atoms with E-state index in [4.69, 9.17) is 0 Å². The molecule has 132 valence electrons. The van der Waals surface area contributed by atoms with Gasteiger partial charge in [0.2, 0.25) is 0 Å². The summed E-state index contributed by atoms with van der Waals surface area (Å²) >= 11 is 3.17. The maximum Gasteiger partial charge on any atom is 0.433 e. The summed E-state index contributed by atoms with van der Waals surface area (Å²) in [7, 11) is -3.61. The number of aromatic nitrogens is 4. The van der Waals surface area contributed by atoms with Crippen LogP contribution in [0.5, 0.6) is 0 Å². The first kappa shape index (κ1) is 17.8. The fraction of sp³-hybridized carbons (Fsp3) is 0.214. The maximum atomic E-state index is 12.8. The number of hydrogen-bond donors (Lipinski definition) is 0. The fourth-order valence-corrected chi connectivity index (χ4v) is 3.72. The highest BCUT2D eigenvalue weighted by Gasteiger charge is 2.33. The van der Waals surface area contributed by atoms with Gasteiger partial charge in [-0.1, -0.05) is 6.92 Å². The third-order valence-corrected chi connectivity index (χ3v) is 5.59. The predicted molar refractivity (Wildman–Crippen MR) is 86.6 cm³/mol. The average molecular weight is 435 g/mol. The van der Waals surface area contributed by atoms with Crippen LogP contribution in [0.25, 0.3) is 17.0 Å². The molecule has 0 aliphatic heterocycles. The number of alkyl halides is 3. The lowest BCUT2D eigenvalue weighted by molar-refractivity contribution is -0.141. The van der Waals surface area contributed by atoms with Crippen molar-refractivity contribution in [1.29, 1.82) is 0 Å². The van der Waals surface area contributed by atoms with E-state index in [1.165, 1.54) is 29.8 Å². The Kier molecular flexibility index (Phi) is 4.31. The molecule has 0 atom stereocenters. The van der Waals surface area contributed by atoms with Crippen molar-refractivity contribution in [2.45, 2.75) is 18.0 Å². The molecule has 0 radical (unpaired) electrons. The summed E-state index contributed by atoms with van der Waals surface area (Å²) in [6.45, 7) is 1.49. The number of halogens is 4. The van der Waals surface area contributed by atoms with Gasteiger partial charge in [-0.25, -0.2) is 18.4 Å². The molecule has 0 fully saturated rings. The van der Waals surface area contributed by atoms with E-state index < -0.39 is 21.7 Å². The van der Waals surface area contributed by atoms with Crippen molar-refractivity contribution in [2.24, 2.45) is 0 Å². The molecule has 0 N–H and O–H groups in total. The first-order valence-corrected chi connectivity index (χ1v) is 9.37. The molecule has 0 bridgehead atoms. The molecule has 0 unspecified atom stereocenters. The number of pyridine rings is 1. The molecule has 3 heterocycles. The number of nitrogens with zero attached hydrogens (tertiary/aromatic N) is 4. The first-order valence-electron chi connectivity index (χ1n) is 6.92. The van der Waals surface area contributed by atoms with Gasteiger partial charge in [0.05, 0.1) is 10.6 Å². The van der Waals surface area contributed by atoms with Gasteiger partial charge in [-0.2, -0.15) is 13.2 Å². The molecule has 0 amide bonds. The minimum atomic E-state index is -4.60. The number of hydrogen-bond acceptors (Lipinski definition) is 5. The van der Waals surface area contributed by atoms with Gasteiger partial charge >= 0.3 is 6.18 Å². The smallest absolute Gasteiger partial charge is 0.290 e. The van der Waals surface area contributed by atoms with Gasteiger partial charge in [0.1, 0.15) is 29.1 Å². The Morgan fingerprint density at radius 1 is 1.24 bits per heavy atom. The van der Waals surface area contributed by atoms with Crippen molar-refractivity contribution in [3.05, 3.63) is 41.0 Å². The van der Waals surface area contributed by atoms with Crippen LogP contribution in [-0.4, -0.2) is 33.5 Å². The summed E-state index contributed by atoms with van der Waals surface area (Å²) in [5.74, 6) is -0.148. The molecule has 3 aromatic heterocycles. The highest BCUT2D eigenvalue weighted by Crippen LogP contribution is 2.30. The van der Waals surface area contributed by atoms with Crippen molar-refractivity contribution < 1.29 is 21.6 Å². The standard InChI is InChI=1S/C14H10BrF3N4O2S/c1-2-25(23,24)10-3-8(15)5-19-13(10)9-6-22-7-20-11(14(16,17)18)4-12(22)21-9/h3-7H,2H2,1H3. The van der Waals surface area contributed by atoms with Crippen molar-refractivity contribution in [3.63, 3.8) is 0 Å². The second kappa shape index (κ2) is 6.06. The van der Waals surface area contributed by atoms with Crippen molar-refractivity contribution in [3.8, 4) is 11.4 Å². The second-order valence-electron chi connectivity index (χ2n) is 5.07. The average Bonchev–Trinajstić information content (AvgIpc) is 2.96. The van der Waals surface area contributed by atoms with Gasteiger partial charge in [0.25, 0.3) is 0 Å². The van der Waals surface area contributed by atoms with Crippen LogP contribution >= 0.6 is 15.9 Å². The van der Waals surface area contributed by atoms with Crippen molar-refractivity contribution in [2.75, 3.05) is 5.75 Å². The van der Waals surface area contributed by atoms with Gasteiger partial charge < -0.3 is 0 Å². The Bertz CT molecular complexity index is 1060. The zero-order valence-electron chi connectivity index (χ0n) is 12.6. The molecule has 6 nitrogen and oxygen atoms in total. The minimum Gasteiger partial charge on any atom is -0.290 e. The molecular weight excluding hydrogens is 425 g/mol. The molecule has 25 heavy (non-hydrogen) atoms. The maximum absolute atomic E-state index is 12.8. The predicted octanol–water partition coefficient (Wildman–Crippen LogP) is 3.37. The number of fused-ring (bicyclic) bond motifs is 1. The minimum absolute atomic E-state index is 0.0121.